The molecule has 0 aliphatic carbocycles. The number of carboxylic acids is 1. The van der Waals surface area contributed by atoms with Crippen molar-refractivity contribution in [3.05, 3.63) is 53.6 Å². The lowest BCUT2D eigenvalue weighted by molar-refractivity contribution is -0.125. The van der Waals surface area contributed by atoms with E-state index < -0.39 is 35.2 Å². The summed E-state index contributed by atoms with van der Waals surface area (Å²) in [6.45, 7) is 0. The summed E-state index contributed by atoms with van der Waals surface area (Å²) >= 11 is 0. The SMILES string of the molecule is CN(C)C(C(N)=O)n1nc(-c2cccc(F)c2)c2c(F)c(C(=O)O)ccc21. The molecular formula is C18H16F2N4O3. The Morgan fingerprint density at radius 3 is 2.48 bits per heavy atom. The zero-order valence-corrected chi connectivity index (χ0v) is 14.5. The Morgan fingerprint density at radius 2 is 1.93 bits per heavy atom. The van der Waals surface area contributed by atoms with Gasteiger partial charge in [0, 0.05) is 5.56 Å². The van der Waals surface area contributed by atoms with Crippen LogP contribution < -0.4 is 5.73 Å². The average molecular weight is 374 g/mol. The minimum absolute atomic E-state index is 0.0122. The molecule has 0 spiro atoms. The summed E-state index contributed by atoms with van der Waals surface area (Å²) in [6, 6.07) is 7.73. The number of carboxylic acid groups (broad SMARTS) is 1. The topological polar surface area (TPSA) is 101 Å². The first-order valence-electron chi connectivity index (χ1n) is 7.88. The van der Waals surface area contributed by atoms with Crippen LogP contribution in [0.15, 0.2) is 36.4 Å². The maximum Gasteiger partial charge on any atom is 0.338 e. The van der Waals surface area contributed by atoms with Crippen LogP contribution in [-0.4, -0.2) is 45.8 Å². The first-order valence-corrected chi connectivity index (χ1v) is 7.88. The van der Waals surface area contributed by atoms with Crippen molar-refractivity contribution in [1.29, 1.82) is 0 Å². The van der Waals surface area contributed by atoms with E-state index in [0.29, 0.717) is 0 Å². The normalized spacial score (nSPS) is 12.5. The molecule has 2 aromatic carbocycles. The van der Waals surface area contributed by atoms with Gasteiger partial charge >= 0.3 is 5.97 Å². The number of halogens is 2. The molecule has 140 valence electrons. The number of nitrogens with zero attached hydrogens (tertiary/aromatic N) is 3. The third kappa shape index (κ3) is 3.13. The Morgan fingerprint density at radius 1 is 1.22 bits per heavy atom. The van der Waals surface area contributed by atoms with Gasteiger partial charge in [0.2, 0.25) is 0 Å². The summed E-state index contributed by atoms with van der Waals surface area (Å²) in [5, 5.41) is 13.4. The smallest absolute Gasteiger partial charge is 0.338 e. The monoisotopic (exact) mass is 374 g/mol. The number of carbonyl (C=O) groups excluding carboxylic acids is 1. The molecule has 9 heteroatoms. The zero-order chi connectivity index (χ0) is 19.9. The minimum Gasteiger partial charge on any atom is -0.478 e. The van der Waals surface area contributed by atoms with E-state index in [1.54, 1.807) is 14.1 Å². The Bertz CT molecular complexity index is 1060. The number of aromatic nitrogens is 2. The van der Waals surface area contributed by atoms with Crippen molar-refractivity contribution < 1.29 is 23.5 Å². The van der Waals surface area contributed by atoms with Gasteiger partial charge in [-0.2, -0.15) is 5.10 Å². The van der Waals surface area contributed by atoms with Crippen LogP contribution >= 0.6 is 0 Å². The van der Waals surface area contributed by atoms with Crippen LogP contribution in [0.1, 0.15) is 16.5 Å². The highest BCUT2D eigenvalue weighted by Crippen LogP contribution is 2.33. The van der Waals surface area contributed by atoms with Crippen molar-refractivity contribution in [2.45, 2.75) is 6.17 Å². The maximum atomic E-state index is 15.0. The van der Waals surface area contributed by atoms with Gasteiger partial charge in [-0.1, -0.05) is 12.1 Å². The molecule has 0 aliphatic heterocycles. The maximum absolute atomic E-state index is 15.0. The molecule has 3 aromatic rings. The Kier molecular flexibility index (Phi) is 4.63. The number of hydrogen-bond acceptors (Lipinski definition) is 4. The van der Waals surface area contributed by atoms with Crippen molar-refractivity contribution in [3.8, 4) is 11.3 Å². The Balaban J connectivity index is 2.42. The number of rotatable bonds is 5. The highest BCUT2D eigenvalue weighted by atomic mass is 19.1. The molecular weight excluding hydrogens is 358 g/mol. The summed E-state index contributed by atoms with van der Waals surface area (Å²) in [6.07, 6.45) is -1.05. The fourth-order valence-electron chi connectivity index (χ4n) is 2.98. The molecule has 1 atom stereocenters. The van der Waals surface area contributed by atoms with Gasteiger partial charge in [0.05, 0.1) is 16.5 Å². The Labute approximate surface area is 152 Å². The molecule has 1 heterocycles. The standard InChI is InChI=1S/C18H16F2N4O3/c1-23(2)17(16(21)25)24-12-7-6-11(18(26)27)14(20)13(12)15(22-24)9-4-3-5-10(19)8-9/h3-8,17H,1-2H3,(H2,21,25)(H,26,27). The molecule has 0 aliphatic rings. The summed E-state index contributed by atoms with van der Waals surface area (Å²) < 4.78 is 29.9. The minimum atomic E-state index is -1.45. The number of nitrogens with two attached hydrogens (primary N) is 1. The van der Waals surface area contributed by atoms with Crippen LogP contribution in [0.2, 0.25) is 0 Å². The van der Waals surface area contributed by atoms with Crippen LogP contribution in [0.4, 0.5) is 8.78 Å². The van der Waals surface area contributed by atoms with Gasteiger partial charge in [0.15, 0.2) is 6.17 Å². The van der Waals surface area contributed by atoms with Crippen molar-refractivity contribution in [2.75, 3.05) is 14.1 Å². The van der Waals surface area contributed by atoms with E-state index in [9.17, 15) is 23.5 Å². The van der Waals surface area contributed by atoms with E-state index in [1.165, 1.54) is 33.8 Å². The van der Waals surface area contributed by atoms with Crippen LogP contribution in [0.25, 0.3) is 22.2 Å². The van der Waals surface area contributed by atoms with Crippen LogP contribution in [0, 0.1) is 11.6 Å². The molecule has 1 amide bonds. The second kappa shape index (κ2) is 6.76. The van der Waals surface area contributed by atoms with Gasteiger partial charge in [-0.3, -0.25) is 9.69 Å². The van der Waals surface area contributed by atoms with E-state index >= 15 is 0 Å². The number of primary amides is 1. The van der Waals surface area contributed by atoms with E-state index in [2.05, 4.69) is 5.10 Å². The highest BCUT2D eigenvalue weighted by Gasteiger charge is 2.28. The van der Waals surface area contributed by atoms with Crippen LogP contribution in [0.5, 0.6) is 0 Å². The van der Waals surface area contributed by atoms with Gasteiger partial charge < -0.3 is 10.8 Å². The quantitative estimate of drug-likeness (QED) is 0.713. The van der Waals surface area contributed by atoms with Gasteiger partial charge in [-0.25, -0.2) is 18.3 Å². The van der Waals surface area contributed by atoms with Gasteiger partial charge in [-0.05, 0) is 38.4 Å². The van der Waals surface area contributed by atoms with Crippen molar-refractivity contribution in [2.24, 2.45) is 5.73 Å². The summed E-state index contributed by atoms with van der Waals surface area (Å²) in [5.41, 5.74) is 5.32. The van der Waals surface area contributed by atoms with Crippen molar-refractivity contribution in [1.82, 2.24) is 14.7 Å². The number of amides is 1. The summed E-state index contributed by atoms with van der Waals surface area (Å²) in [4.78, 5) is 24.7. The molecule has 0 saturated carbocycles. The molecule has 0 fully saturated rings. The van der Waals surface area contributed by atoms with Crippen molar-refractivity contribution in [3.63, 3.8) is 0 Å². The van der Waals surface area contributed by atoms with Crippen LogP contribution in [0.3, 0.4) is 0 Å². The van der Waals surface area contributed by atoms with Gasteiger partial charge in [-0.15, -0.1) is 0 Å². The number of hydrogen-bond donors (Lipinski definition) is 2. The van der Waals surface area contributed by atoms with Gasteiger partial charge in [0.25, 0.3) is 5.91 Å². The fraction of sp³-hybridized carbons (Fsp3) is 0.167. The number of aromatic carboxylic acids is 1. The fourth-order valence-corrected chi connectivity index (χ4v) is 2.98. The van der Waals surface area contributed by atoms with Crippen molar-refractivity contribution >= 4 is 22.8 Å². The molecule has 0 bridgehead atoms. The number of benzene rings is 2. The summed E-state index contributed by atoms with van der Waals surface area (Å²) in [5.74, 6) is -3.78. The molecule has 3 rings (SSSR count). The lowest BCUT2D eigenvalue weighted by atomic mass is 10.0. The molecule has 0 saturated heterocycles. The molecule has 3 N–H and O–H groups in total. The molecule has 27 heavy (non-hydrogen) atoms. The number of fused-ring (bicyclic) bond motifs is 1. The number of likely N-dealkylation sites (N-methyl/N-ethyl adjacent to an activating group) is 1. The number of carbonyl (C=O) groups is 2. The highest BCUT2D eigenvalue weighted by molar-refractivity contribution is 6.00. The van der Waals surface area contributed by atoms with E-state index in [0.717, 1.165) is 12.1 Å². The zero-order valence-electron chi connectivity index (χ0n) is 14.5. The predicted octanol–water partition coefficient (Wildman–Crippen LogP) is 2.23. The Hall–Kier alpha value is -3.33. The van der Waals surface area contributed by atoms with E-state index in [-0.39, 0.29) is 22.2 Å². The first kappa shape index (κ1) is 18.5. The predicted molar refractivity (Wildman–Crippen MR) is 94.0 cm³/mol. The molecule has 0 radical (unpaired) electrons. The third-order valence-electron chi connectivity index (χ3n) is 4.12. The average Bonchev–Trinajstić information content (AvgIpc) is 2.94. The molecule has 7 nitrogen and oxygen atoms in total. The third-order valence-corrected chi connectivity index (χ3v) is 4.12. The van der Waals surface area contributed by atoms with Gasteiger partial charge in [0.1, 0.15) is 17.3 Å². The second-order valence-electron chi connectivity index (χ2n) is 6.17. The van der Waals surface area contributed by atoms with E-state index in [1.807, 2.05) is 0 Å². The van der Waals surface area contributed by atoms with E-state index in [4.69, 9.17) is 5.73 Å². The second-order valence-corrected chi connectivity index (χ2v) is 6.17. The lowest BCUT2D eigenvalue weighted by Crippen LogP contribution is -2.37. The van der Waals surface area contributed by atoms with Crippen LogP contribution in [-0.2, 0) is 4.79 Å². The largest absolute Gasteiger partial charge is 0.478 e. The molecule has 1 aromatic heterocycles. The lowest BCUT2D eigenvalue weighted by Gasteiger charge is -2.22. The first-order chi connectivity index (χ1) is 12.7. The molecule has 1 unspecified atom stereocenters. The summed E-state index contributed by atoms with van der Waals surface area (Å²) in [7, 11) is 3.18.